The van der Waals surface area contributed by atoms with Gasteiger partial charge in [0.25, 0.3) is 0 Å². The van der Waals surface area contributed by atoms with Crippen LogP contribution in [0.15, 0.2) is 26.9 Å². The van der Waals surface area contributed by atoms with Crippen LogP contribution < -0.4 is 5.32 Å². The van der Waals surface area contributed by atoms with Crippen molar-refractivity contribution >= 4 is 18.3 Å². The van der Waals surface area contributed by atoms with Crippen molar-refractivity contribution in [2.45, 2.75) is 18.1 Å². The Morgan fingerprint density at radius 1 is 1.40 bits per heavy atom. The normalized spacial score (nSPS) is 38.4. The molecule has 0 bridgehead atoms. The van der Waals surface area contributed by atoms with Gasteiger partial charge in [-0.1, -0.05) is 0 Å². The van der Waals surface area contributed by atoms with Crippen LogP contribution in [0.3, 0.4) is 0 Å². The Balaban J connectivity index is 1.67. The molecule has 4 aliphatic rings. The van der Waals surface area contributed by atoms with Crippen molar-refractivity contribution in [1.82, 2.24) is 5.32 Å². The third-order valence-corrected chi connectivity index (χ3v) is 3.56. The van der Waals surface area contributed by atoms with Gasteiger partial charge in [-0.05, 0) is 0 Å². The molecule has 0 saturated carbocycles. The first-order chi connectivity index (χ1) is 9.88. The van der Waals surface area contributed by atoms with Gasteiger partial charge in [-0.3, -0.25) is 9.98 Å². The predicted molar refractivity (Wildman–Crippen MR) is 69.8 cm³/mol. The van der Waals surface area contributed by atoms with Gasteiger partial charge in [-0.2, -0.15) is 0 Å². The van der Waals surface area contributed by atoms with E-state index in [-0.39, 0.29) is 6.10 Å². The number of ether oxygens (including phenoxy) is 4. The van der Waals surface area contributed by atoms with Gasteiger partial charge >= 0.3 is 0 Å². The summed E-state index contributed by atoms with van der Waals surface area (Å²) >= 11 is 0. The van der Waals surface area contributed by atoms with E-state index in [0.29, 0.717) is 26.5 Å². The molecule has 0 radical (unpaired) electrons. The summed E-state index contributed by atoms with van der Waals surface area (Å²) < 4.78 is 22.2. The topological polar surface area (TPSA) is 86.0 Å². The Labute approximate surface area is 115 Å². The average molecular weight is 278 g/mol. The van der Waals surface area contributed by atoms with Crippen LogP contribution in [-0.4, -0.2) is 62.9 Å². The Morgan fingerprint density at radius 2 is 2.40 bits per heavy atom. The lowest BCUT2D eigenvalue weighted by Gasteiger charge is -2.32. The molecule has 0 fully saturated rings. The first-order valence-electron chi connectivity index (χ1n) is 6.44. The minimum absolute atomic E-state index is 0.330. The van der Waals surface area contributed by atoms with Gasteiger partial charge in [0, 0.05) is 6.21 Å². The molecule has 3 unspecified atom stereocenters. The molecule has 106 valence electrons. The first kappa shape index (κ1) is 11.9. The summed E-state index contributed by atoms with van der Waals surface area (Å²) in [5.41, 5.74) is 0.626. The second kappa shape index (κ2) is 4.57. The van der Waals surface area contributed by atoms with E-state index in [2.05, 4.69) is 15.3 Å². The van der Waals surface area contributed by atoms with Crippen LogP contribution in [0.2, 0.25) is 0 Å². The monoisotopic (exact) mass is 278 g/mol. The maximum Gasteiger partial charge on any atom is 0.245 e. The maximum absolute atomic E-state index is 5.95. The highest BCUT2D eigenvalue weighted by molar-refractivity contribution is 6.02. The SMILES string of the molecule is C1=NCC(C2(C3N=CCO3)N=C(C3=COCN3)CO2)O1. The van der Waals surface area contributed by atoms with Crippen molar-refractivity contribution in [3.8, 4) is 0 Å². The number of hydrogen-bond acceptors (Lipinski definition) is 8. The molecule has 0 aromatic rings. The Bertz CT molecular complexity index is 522. The maximum atomic E-state index is 5.95. The molecule has 0 amide bonds. The standard InChI is InChI=1S/C12H14N4O4/c1-2-18-11(14-1)12(10-3-13-6-19-10)16-9(5-20-12)8-4-17-7-15-8/h1,4,6,10-11,15H,2-3,5,7H2. The highest BCUT2D eigenvalue weighted by Crippen LogP contribution is 2.35. The zero-order valence-corrected chi connectivity index (χ0v) is 10.7. The van der Waals surface area contributed by atoms with E-state index >= 15 is 0 Å². The number of nitrogens with zero attached hydrogens (tertiary/aromatic N) is 3. The van der Waals surface area contributed by atoms with Crippen LogP contribution in [0, 0.1) is 0 Å². The molecule has 4 rings (SSSR count). The predicted octanol–water partition coefficient (Wildman–Crippen LogP) is -0.573. The van der Waals surface area contributed by atoms with E-state index in [9.17, 15) is 0 Å². The summed E-state index contributed by atoms with van der Waals surface area (Å²) in [5.74, 6) is 0. The zero-order valence-electron chi connectivity index (χ0n) is 10.7. The van der Waals surface area contributed by atoms with E-state index in [0.717, 1.165) is 11.4 Å². The van der Waals surface area contributed by atoms with Gasteiger partial charge in [0.2, 0.25) is 12.0 Å². The van der Waals surface area contributed by atoms with Crippen molar-refractivity contribution in [3.63, 3.8) is 0 Å². The van der Waals surface area contributed by atoms with Crippen LogP contribution in [0.1, 0.15) is 0 Å². The summed E-state index contributed by atoms with van der Waals surface area (Å²) in [6.07, 6.45) is 3.95. The van der Waals surface area contributed by atoms with E-state index < -0.39 is 12.0 Å². The van der Waals surface area contributed by atoms with Gasteiger partial charge in [-0.15, -0.1) is 0 Å². The van der Waals surface area contributed by atoms with Crippen molar-refractivity contribution in [3.05, 3.63) is 12.0 Å². The Hall–Kier alpha value is -1.93. The molecule has 8 nitrogen and oxygen atoms in total. The molecule has 8 heteroatoms. The van der Waals surface area contributed by atoms with Crippen LogP contribution in [0.25, 0.3) is 0 Å². The molecule has 0 aromatic carbocycles. The Kier molecular flexibility index (Phi) is 2.71. The number of rotatable bonds is 3. The number of aliphatic imine (C=N–C) groups is 3. The summed E-state index contributed by atoms with van der Waals surface area (Å²) in [7, 11) is 0. The smallest absolute Gasteiger partial charge is 0.245 e. The van der Waals surface area contributed by atoms with Crippen LogP contribution in [0.4, 0.5) is 0 Å². The number of nitrogens with one attached hydrogen (secondary N) is 1. The fourth-order valence-corrected chi connectivity index (χ4v) is 2.57. The van der Waals surface area contributed by atoms with Crippen LogP contribution in [0.5, 0.6) is 0 Å². The van der Waals surface area contributed by atoms with E-state index in [1.54, 1.807) is 12.5 Å². The minimum atomic E-state index is -0.982. The molecule has 0 aliphatic carbocycles. The lowest BCUT2D eigenvalue weighted by atomic mass is 10.1. The highest BCUT2D eigenvalue weighted by Gasteiger charge is 2.54. The zero-order chi connectivity index (χ0) is 13.4. The molecule has 20 heavy (non-hydrogen) atoms. The molecule has 0 saturated heterocycles. The Morgan fingerprint density at radius 3 is 3.10 bits per heavy atom. The lowest BCUT2D eigenvalue weighted by Crippen LogP contribution is -2.51. The second-order valence-electron chi connectivity index (χ2n) is 4.73. The minimum Gasteiger partial charge on any atom is -0.479 e. The molecule has 4 heterocycles. The average Bonchev–Trinajstić information content (AvgIpc) is 3.23. The molecule has 1 N–H and O–H groups in total. The van der Waals surface area contributed by atoms with E-state index in [4.69, 9.17) is 23.9 Å². The molecule has 3 atom stereocenters. The lowest BCUT2D eigenvalue weighted by molar-refractivity contribution is -0.150. The van der Waals surface area contributed by atoms with Crippen molar-refractivity contribution < 1.29 is 18.9 Å². The quantitative estimate of drug-likeness (QED) is 0.747. The third-order valence-electron chi connectivity index (χ3n) is 3.56. The van der Waals surface area contributed by atoms with Gasteiger partial charge in [0.05, 0.1) is 31.2 Å². The van der Waals surface area contributed by atoms with Crippen LogP contribution >= 0.6 is 0 Å². The van der Waals surface area contributed by atoms with E-state index in [1.165, 1.54) is 6.40 Å². The van der Waals surface area contributed by atoms with Gasteiger partial charge in [0.15, 0.2) is 19.2 Å². The molecule has 0 aromatic heterocycles. The van der Waals surface area contributed by atoms with Gasteiger partial charge in [-0.25, -0.2) is 4.99 Å². The fourth-order valence-electron chi connectivity index (χ4n) is 2.57. The van der Waals surface area contributed by atoms with Gasteiger partial charge < -0.3 is 24.3 Å². The van der Waals surface area contributed by atoms with Crippen molar-refractivity contribution in [2.24, 2.45) is 15.0 Å². The van der Waals surface area contributed by atoms with Crippen molar-refractivity contribution in [2.75, 3.05) is 26.5 Å². The fraction of sp³-hybridized carbons (Fsp3) is 0.583. The van der Waals surface area contributed by atoms with Crippen molar-refractivity contribution in [1.29, 1.82) is 0 Å². The highest BCUT2D eigenvalue weighted by atomic mass is 16.6. The third kappa shape index (κ3) is 1.72. The summed E-state index contributed by atoms with van der Waals surface area (Å²) in [5, 5.41) is 3.09. The number of hydrogen-bond donors (Lipinski definition) is 1. The first-order valence-corrected chi connectivity index (χ1v) is 6.44. The largest absolute Gasteiger partial charge is 0.479 e. The van der Waals surface area contributed by atoms with Gasteiger partial charge in [0.1, 0.15) is 6.26 Å². The summed E-state index contributed by atoms with van der Waals surface area (Å²) in [6.45, 7) is 1.74. The molecular formula is C12H14N4O4. The second-order valence-corrected chi connectivity index (χ2v) is 4.73. The molecule has 0 spiro atoms. The van der Waals surface area contributed by atoms with E-state index in [1.807, 2.05) is 0 Å². The molecular weight excluding hydrogens is 264 g/mol. The van der Waals surface area contributed by atoms with Crippen LogP contribution in [-0.2, 0) is 18.9 Å². The summed E-state index contributed by atoms with van der Waals surface area (Å²) in [4.78, 5) is 13.1. The molecule has 4 aliphatic heterocycles. The summed E-state index contributed by atoms with van der Waals surface area (Å²) in [6, 6.07) is 0.